The van der Waals surface area contributed by atoms with Gasteiger partial charge in [-0.05, 0) is 0 Å². The summed E-state index contributed by atoms with van der Waals surface area (Å²) in [5.41, 5.74) is 8.85. The van der Waals surface area contributed by atoms with E-state index in [1.54, 1.807) is 0 Å². The normalized spacial score (nSPS) is 11.6. The molecule has 1 aromatic rings. The molecule has 0 unspecified atom stereocenters. The number of nitrogens with two attached hydrogens (primary N) is 1. The van der Waals surface area contributed by atoms with Crippen molar-refractivity contribution in [1.82, 2.24) is 0 Å². The first-order valence-electron chi connectivity index (χ1n) is 6.27. The third-order valence-corrected chi connectivity index (χ3v) is 7.46. The Morgan fingerprint density at radius 2 is 1.76 bits per heavy atom. The zero-order valence-corrected chi connectivity index (χ0v) is 13.7. The molecule has 0 saturated carbocycles. The molecular weight excluding hydrogens is 271 g/mol. The van der Waals surface area contributed by atoms with Gasteiger partial charge in [-0.3, -0.25) is 0 Å². The van der Waals surface area contributed by atoms with Gasteiger partial charge < -0.3 is 0 Å². The summed E-state index contributed by atoms with van der Waals surface area (Å²) in [6.45, 7) is 4.22. The molecule has 0 atom stereocenters. The van der Waals surface area contributed by atoms with E-state index in [0.717, 1.165) is 24.0 Å². The minimum atomic E-state index is -2.04. The van der Waals surface area contributed by atoms with Gasteiger partial charge in [0.2, 0.25) is 0 Å². The van der Waals surface area contributed by atoms with Crippen LogP contribution < -0.4 is 10.1 Å². The fourth-order valence-corrected chi connectivity index (χ4v) is 5.70. The van der Waals surface area contributed by atoms with Gasteiger partial charge in [0.15, 0.2) is 0 Å². The van der Waals surface area contributed by atoms with Gasteiger partial charge in [-0.2, -0.15) is 0 Å². The monoisotopic (exact) mass is 295 g/mol. The Morgan fingerprint density at radius 1 is 1.18 bits per heavy atom. The number of primary amides is 1. The average Bonchev–Trinajstić information content (AvgIpc) is 2.25. The molecule has 0 fully saturated rings. The van der Waals surface area contributed by atoms with Gasteiger partial charge in [0, 0.05) is 0 Å². The summed E-state index contributed by atoms with van der Waals surface area (Å²) in [7, 11) is 0. The first-order chi connectivity index (χ1) is 7.82. The van der Waals surface area contributed by atoms with E-state index in [4.69, 9.17) is 5.73 Å². The van der Waals surface area contributed by atoms with Crippen LogP contribution in [0.2, 0.25) is 17.3 Å². The van der Waals surface area contributed by atoms with Crippen molar-refractivity contribution in [3.8, 4) is 0 Å². The molecule has 0 saturated heterocycles. The Bertz CT molecular complexity index is 433. The average molecular weight is 294 g/mol. The Balaban J connectivity index is 3.59. The summed E-state index contributed by atoms with van der Waals surface area (Å²) in [5, 5.41) is 0. The van der Waals surface area contributed by atoms with Gasteiger partial charge in [0.1, 0.15) is 0 Å². The van der Waals surface area contributed by atoms with Gasteiger partial charge in [-0.1, -0.05) is 0 Å². The van der Waals surface area contributed by atoms with Crippen LogP contribution >= 0.6 is 0 Å². The van der Waals surface area contributed by atoms with Gasteiger partial charge in [-0.25, -0.2) is 0 Å². The van der Waals surface area contributed by atoms with Crippen molar-refractivity contribution in [3.63, 3.8) is 0 Å². The molecule has 2 nitrogen and oxygen atoms in total. The van der Waals surface area contributed by atoms with E-state index in [9.17, 15) is 4.79 Å². The zero-order chi connectivity index (χ0) is 13.2. The second kappa shape index (κ2) is 5.25. The van der Waals surface area contributed by atoms with Crippen LogP contribution in [0.4, 0.5) is 0 Å². The fourth-order valence-electron chi connectivity index (χ4n) is 2.33. The molecule has 0 aliphatic heterocycles. The second-order valence-electron chi connectivity index (χ2n) is 5.45. The van der Waals surface area contributed by atoms with E-state index in [0.29, 0.717) is 0 Å². The molecule has 1 amide bonds. The molecule has 0 spiro atoms. The van der Waals surface area contributed by atoms with Crippen molar-refractivity contribution in [1.29, 1.82) is 0 Å². The number of rotatable bonds is 4. The van der Waals surface area contributed by atoms with Crippen LogP contribution in [0.5, 0.6) is 0 Å². The number of aryl methyl sites for hydroxylation is 1. The molecule has 0 aliphatic carbocycles. The number of hydrogen-bond donors (Lipinski definition) is 1. The van der Waals surface area contributed by atoms with Crippen LogP contribution in [-0.2, 0) is 12.8 Å². The number of benzene rings is 1. The van der Waals surface area contributed by atoms with Crippen molar-refractivity contribution in [3.05, 3.63) is 28.8 Å². The molecule has 2 N–H and O–H groups in total. The molecule has 0 heterocycles. The van der Waals surface area contributed by atoms with Gasteiger partial charge in [0.05, 0.1) is 0 Å². The molecule has 3 heteroatoms. The van der Waals surface area contributed by atoms with Crippen molar-refractivity contribution >= 4 is 23.6 Å². The summed E-state index contributed by atoms with van der Waals surface area (Å²) in [4.78, 5) is 11.8. The molecule has 17 heavy (non-hydrogen) atoms. The molecule has 0 radical (unpaired) electrons. The summed E-state index contributed by atoms with van der Waals surface area (Å²) in [6, 6.07) is 4.31. The number of carbonyl (C=O) groups excluding carboxylic acids is 1. The predicted molar refractivity (Wildman–Crippen MR) is 76.7 cm³/mol. The van der Waals surface area contributed by atoms with Crippen LogP contribution in [0.15, 0.2) is 12.1 Å². The van der Waals surface area contributed by atoms with Crippen LogP contribution in [0.25, 0.3) is 0 Å². The molecule has 0 aromatic heterocycles. The number of hydrogen-bond acceptors (Lipinski definition) is 1. The first-order valence-corrected chi connectivity index (χ1v) is 13.6. The molecular formula is C14H23GeNO. The maximum absolute atomic E-state index is 11.8. The van der Waals surface area contributed by atoms with Crippen molar-refractivity contribution < 1.29 is 4.79 Å². The molecule has 0 aliphatic rings. The summed E-state index contributed by atoms with van der Waals surface area (Å²) >= 11 is -2.04. The topological polar surface area (TPSA) is 43.1 Å². The third kappa shape index (κ3) is 2.92. The summed E-state index contributed by atoms with van der Waals surface area (Å²) in [5.74, 6) is 6.64. The van der Waals surface area contributed by atoms with E-state index in [2.05, 4.69) is 43.2 Å². The van der Waals surface area contributed by atoms with E-state index in [1.165, 1.54) is 9.96 Å². The number of carbonyl (C=O) groups is 1. The number of amides is 1. The van der Waals surface area contributed by atoms with E-state index >= 15 is 0 Å². The van der Waals surface area contributed by atoms with Crippen molar-refractivity contribution in [2.45, 2.75) is 44.0 Å². The van der Waals surface area contributed by atoms with Gasteiger partial charge in [-0.15, -0.1) is 0 Å². The summed E-state index contributed by atoms with van der Waals surface area (Å²) < 4.78 is 1.24. The standard InChI is InChI=1S/C14H23GeNO/c1-6-10-8-9-12(15(3,4)5)13(14(16)17)11(10)7-2/h8-9H,6-7H2,1-5H3,(H2,16,17). The Kier molecular flexibility index (Phi) is 4.42. The Labute approximate surface area is 107 Å². The second-order valence-corrected chi connectivity index (χ2v) is 16.0. The van der Waals surface area contributed by atoms with Crippen molar-refractivity contribution in [2.24, 2.45) is 5.73 Å². The van der Waals surface area contributed by atoms with Crippen LogP contribution in [0.1, 0.15) is 35.3 Å². The predicted octanol–water partition coefficient (Wildman–Crippen LogP) is 2.46. The maximum atomic E-state index is 11.8. The van der Waals surface area contributed by atoms with Crippen LogP contribution in [0, 0.1) is 0 Å². The quantitative estimate of drug-likeness (QED) is 0.852. The first kappa shape index (κ1) is 14.3. The molecule has 1 aromatic carbocycles. The minimum absolute atomic E-state index is 0.257. The van der Waals surface area contributed by atoms with E-state index < -0.39 is 13.3 Å². The molecule has 1 rings (SSSR count). The Morgan fingerprint density at radius 3 is 2.12 bits per heavy atom. The Hall–Kier alpha value is -0.767. The van der Waals surface area contributed by atoms with Crippen LogP contribution in [0.3, 0.4) is 0 Å². The van der Waals surface area contributed by atoms with E-state index in [-0.39, 0.29) is 5.91 Å². The van der Waals surface area contributed by atoms with Gasteiger partial charge in [0.25, 0.3) is 0 Å². The SMILES string of the molecule is CCc1cc[c]([Ge]([CH3])([CH3])[CH3])c(C(N)=O)c1CC. The molecule has 94 valence electrons. The van der Waals surface area contributed by atoms with Gasteiger partial charge >= 0.3 is 107 Å². The summed E-state index contributed by atoms with van der Waals surface area (Å²) in [6.07, 6.45) is 1.84. The van der Waals surface area contributed by atoms with E-state index in [1.807, 2.05) is 0 Å². The third-order valence-electron chi connectivity index (χ3n) is 3.20. The van der Waals surface area contributed by atoms with Crippen LogP contribution in [-0.4, -0.2) is 19.2 Å². The zero-order valence-electron chi connectivity index (χ0n) is 11.6. The molecule has 0 bridgehead atoms. The fraction of sp³-hybridized carbons (Fsp3) is 0.500. The van der Waals surface area contributed by atoms with Crippen molar-refractivity contribution in [2.75, 3.05) is 0 Å².